The van der Waals surface area contributed by atoms with Crippen molar-refractivity contribution >= 4 is 12.4 Å². The summed E-state index contributed by atoms with van der Waals surface area (Å²) in [6.07, 6.45) is 2.05. The lowest BCUT2D eigenvalue weighted by Gasteiger charge is -2.17. The highest BCUT2D eigenvalue weighted by Crippen LogP contribution is 2.22. The highest BCUT2D eigenvalue weighted by atomic mass is 16.7. The van der Waals surface area contributed by atoms with Gasteiger partial charge in [-0.15, -0.1) is 0 Å². The van der Waals surface area contributed by atoms with Crippen LogP contribution in [-0.2, 0) is 30.2 Å². The first-order valence-electron chi connectivity index (χ1n) is 6.55. The summed E-state index contributed by atoms with van der Waals surface area (Å²) in [6, 6.07) is 9.17. The molecule has 1 aliphatic heterocycles. The number of ether oxygens (including phenoxy) is 3. The number of esters is 1. The van der Waals surface area contributed by atoms with Crippen molar-refractivity contribution in [2.24, 2.45) is 0 Å². The van der Waals surface area contributed by atoms with Crippen LogP contribution in [0, 0.1) is 0 Å². The standard InChI is InChI=1S/C15H17NO5/c1-19-14(18)8-12(16-10-17)13-9-20-15(21-13)7-11-5-3-2-4-6-11/h2-6,9-10,12,15H,7-8H2,1H3,(H,16,17). The van der Waals surface area contributed by atoms with Gasteiger partial charge in [0.1, 0.15) is 6.26 Å². The first-order valence-corrected chi connectivity index (χ1v) is 6.55. The number of carbonyl (C=O) groups excluding carboxylic acids is 2. The molecule has 2 rings (SSSR count). The van der Waals surface area contributed by atoms with E-state index in [0.717, 1.165) is 5.56 Å². The molecule has 21 heavy (non-hydrogen) atoms. The molecule has 0 spiro atoms. The van der Waals surface area contributed by atoms with Gasteiger partial charge in [-0.1, -0.05) is 30.3 Å². The molecule has 0 saturated carbocycles. The molecule has 0 bridgehead atoms. The van der Waals surface area contributed by atoms with Crippen molar-refractivity contribution in [3.63, 3.8) is 0 Å². The van der Waals surface area contributed by atoms with Crippen molar-refractivity contribution < 1.29 is 23.8 Å². The maximum absolute atomic E-state index is 11.3. The maximum Gasteiger partial charge on any atom is 0.308 e. The molecule has 1 heterocycles. The molecule has 0 saturated heterocycles. The second kappa shape index (κ2) is 7.33. The zero-order valence-corrected chi connectivity index (χ0v) is 11.7. The molecule has 1 N–H and O–H groups in total. The van der Waals surface area contributed by atoms with E-state index < -0.39 is 18.3 Å². The Morgan fingerprint density at radius 1 is 1.43 bits per heavy atom. The van der Waals surface area contributed by atoms with Crippen LogP contribution in [0.3, 0.4) is 0 Å². The average molecular weight is 291 g/mol. The Morgan fingerprint density at radius 2 is 2.19 bits per heavy atom. The summed E-state index contributed by atoms with van der Waals surface area (Å²) in [4.78, 5) is 22.0. The Morgan fingerprint density at radius 3 is 2.86 bits per heavy atom. The summed E-state index contributed by atoms with van der Waals surface area (Å²) < 4.78 is 15.6. The molecule has 1 aliphatic rings. The molecule has 0 aromatic heterocycles. The van der Waals surface area contributed by atoms with Gasteiger partial charge in [0.05, 0.1) is 19.6 Å². The van der Waals surface area contributed by atoms with Gasteiger partial charge in [0.25, 0.3) is 0 Å². The van der Waals surface area contributed by atoms with Gasteiger partial charge in [0, 0.05) is 6.42 Å². The highest BCUT2D eigenvalue weighted by Gasteiger charge is 2.28. The summed E-state index contributed by atoms with van der Waals surface area (Å²) >= 11 is 0. The molecular formula is C15H17NO5. The van der Waals surface area contributed by atoms with Gasteiger partial charge in [0.15, 0.2) is 5.76 Å². The van der Waals surface area contributed by atoms with Crippen LogP contribution < -0.4 is 5.32 Å². The summed E-state index contributed by atoms with van der Waals surface area (Å²) in [5.74, 6) is -0.0289. The molecule has 0 fully saturated rings. The zero-order chi connectivity index (χ0) is 15.1. The fourth-order valence-electron chi connectivity index (χ4n) is 1.98. The van der Waals surface area contributed by atoms with E-state index in [1.807, 2.05) is 30.3 Å². The smallest absolute Gasteiger partial charge is 0.308 e. The first-order chi connectivity index (χ1) is 10.2. The fourth-order valence-corrected chi connectivity index (χ4v) is 1.98. The SMILES string of the molecule is COC(=O)CC(NC=O)C1=COC(Cc2ccccc2)O1. The van der Waals surface area contributed by atoms with Crippen molar-refractivity contribution in [1.29, 1.82) is 0 Å². The molecule has 1 amide bonds. The van der Waals surface area contributed by atoms with Crippen LogP contribution in [0.25, 0.3) is 0 Å². The highest BCUT2D eigenvalue weighted by molar-refractivity contribution is 5.71. The summed E-state index contributed by atoms with van der Waals surface area (Å²) in [6.45, 7) is 0. The number of benzene rings is 1. The Labute approximate surface area is 122 Å². The van der Waals surface area contributed by atoms with E-state index in [9.17, 15) is 9.59 Å². The van der Waals surface area contributed by atoms with Gasteiger partial charge in [-0.05, 0) is 5.56 Å². The maximum atomic E-state index is 11.3. The quantitative estimate of drug-likeness (QED) is 0.602. The van der Waals surface area contributed by atoms with Gasteiger partial charge in [-0.2, -0.15) is 0 Å². The molecule has 6 nitrogen and oxygen atoms in total. The molecule has 0 radical (unpaired) electrons. The third-order valence-corrected chi connectivity index (χ3v) is 3.06. The third kappa shape index (κ3) is 4.24. The predicted octanol–water partition coefficient (Wildman–Crippen LogP) is 1.12. The number of hydrogen-bond acceptors (Lipinski definition) is 5. The number of methoxy groups -OCH3 is 1. The van der Waals surface area contributed by atoms with Crippen LogP contribution in [0.15, 0.2) is 42.4 Å². The monoisotopic (exact) mass is 291 g/mol. The zero-order valence-electron chi connectivity index (χ0n) is 11.7. The van der Waals surface area contributed by atoms with Gasteiger partial charge in [-0.25, -0.2) is 0 Å². The van der Waals surface area contributed by atoms with E-state index in [2.05, 4.69) is 10.1 Å². The summed E-state index contributed by atoms with van der Waals surface area (Å²) in [5.41, 5.74) is 1.07. The normalized spacial score (nSPS) is 18.0. The van der Waals surface area contributed by atoms with E-state index in [1.165, 1.54) is 13.4 Å². The topological polar surface area (TPSA) is 73.9 Å². The number of rotatable bonds is 7. The molecule has 112 valence electrons. The van der Waals surface area contributed by atoms with Crippen LogP contribution >= 0.6 is 0 Å². The molecular weight excluding hydrogens is 274 g/mol. The minimum absolute atomic E-state index is 0.0114. The van der Waals surface area contributed by atoms with Crippen molar-refractivity contribution in [2.75, 3.05) is 7.11 Å². The average Bonchev–Trinajstić information content (AvgIpc) is 2.96. The lowest BCUT2D eigenvalue weighted by Crippen LogP contribution is -2.33. The van der Waals surface area contributed by atoms with Gasteiger partial charge in [-0.3, -0.25) is 9.59 Å². The van der Waals surface area contributed by atoms with Gasteiger partial charge in [0.2, 0.25) is 12.7 Å². The first kappa shape index (κ1) is 14.9. The van der Waals surface area contributed by atoms with Crippen LogP contribution in [0.2, 0.25) is 0 Å². The number of amides is 1. The lowest BCUT2D eigenvalue weighted by atomic mass is 10.1. The van der Waals surface area contributed by atoms with E-state index in [1.54, 1.807) is 0 Å². The summed E-state index contributed by atoms with van der Waals surface area (Å²) in [5, 5.41) is 2.52. The Hall–Kier alpha value is -2.50. The minimum atomic E-state index is -0.587. The van der Waals surface area contributed by atoms with Crippen LogP contribution in [-0.4, -0.2) is 31.8 Å². The van der Waals surface area contributed by atoms with E-state index in [0.29, 0.717) is 18.6 Å². The van der Waals surface area contributed by atoms with Crippen molar-refractivity contribution in [3.05, 3.63) is 47.9 Å². The van der Waals surface area contributed by atoms with Gasteiger partial charge >= 0.3 is 5.97 Å². The van der Waals surface area contributed by atoms with E-state index >= 15 is 0 Å². The van der Waals surface area contributed by atoms with Crippen molar-refractivity contribution in [1.82, 2.24) is 5.32 Å². The molecule has 2 atom stereocenters. The van der Waals surface area contributed by atoms with Gasteiger partial charge < -0.3 is 19.5 Å². The number of hydrogen-bond donors (Lipinski definition) is 1. The Bertz CT molecular complexity index is 514. The van der Waals surface area contributed by atoms with Crippen molar-refractivity contribution in [3.8, 4) is 0 Å². The Kier molecular flexibility index (Phi) is 5.20. The molecule has 6 heteroatoms. The second-order valence-electron chi connectivity index (χ2n) is 4.51. The largest absolute Gasteiger partial charge is 0.469 e. The molecule has 1 aromatic rings. The fraction of sp³-hybridized carbons (Fsp3) is 0.333. The minimum Gasteiger partial charge on any atom is -0.469 e. The van der Waals surface area contributed by atoms with Crippen LogP contribution in [0.1, 0.15) is 12.0 Å². The molecule has 0 aliphatic carbocycles. The van der Waals surface area contributed by atoms with E-state index in [4.69, 9.17) is 9.47 Å². The second-order valence-corrected chi connectivity index (χ2v) is 4.51. The number of carbonyl (C=O) groups is 2. The lowest BCUT2D eigenvalue weighted by molar-refractivity contribution is -0.141. The predicted molar refractivity (Wildman–Crippen MR) is 73.8 cm³/mol. The molecule has 1 aromatic carbocycles. The van der Waals surface area contributed by atoms with Crippen LogP contribution in [0.4, 0.5) is 0 Å². The van der Waals surface area contributed by atoms with E-state index in [-0.39, 0.29) is 6.42 Å². The van der Waals surface area contributed by atoms with Crippen molar-refractivity contribution in [2.45, 2.75) is 25.2 Å². The Balaban J connectivity index is 1.92. The summed E-state index contributed by atoms with van der Waals surface area (Å²) in [7, 11) is 1.29. The van der Waals surface area contributed by atoms with Crippen LogP contribution in [0.5, 0.6) is 0 Å². The number of nitrogens with one attached hydrogen (secondary N) is 1. The third-order valence-electron chi connectivity index (χ3n) is 3.06. The molecule has 2 unspecified atom stereocenters.